The molecule has 0 saturated carbocycles. The Balaban J connectivity index is 1.31. The topological polar surface area (TPSA) is 37.2 Å². The summed E-state index contributed by atoms with van der Waals surface area (Å²) in [7, 11) is 2.07. The van der Waals surface area contributed by atoms with Gasteiger partial charge < -0.3 is 4.90 Å². The molecule has 0 N–H and O–H groups in total. The second-order valence-corrected chi connectivity index (χ2v) is 11.9. The zero-order chi connectivity index (χ0) is 32.1. The molecule has 1 aliphatic heterocycles. The third kappa shape index (κ3) is 4.62. The summed E-state index contributed by atoms with van der Waals surface area (Å²) in [5.74, 6) is 1.60. The summed E-state index contributed by atoms with van der Waals surface area (Å²) in [5, 5.41) is 3.37. The molecule has 8 rings (SSSR count). The summed E-state index contributed by atoms with van der Waals surface area (Å²) in [4.78, 5) is 14.8. The third-order valence-electron chi connectivity index (χ3n) is 9.15. The summed E-state index contributed by atoms with van der Waals surface area (Å²) in [6.45, 7) is 8.62. The number of aromatic nitrogens is 3. The molecule has 2 aromatic heterocycles. The molecule has 0 aliphatic carbocycles. The van der Waals surface area contributed by atoms with Crippen molar-refractivity contribution in [2.24, 2.45) is 0 Å². The van der Waals surface area contributed by atoms with Gasteiger partial charge in [-0.05, 0) is 78.6 Å². The van der Waals surface area contributed by atoms with Gasteiger partial charge in [0.15, 0.2) is 0 Å². The zero-order valence-electron chi connectivity index (χ0n) is 26.9. The van der Waals surface area contributed by atoms with E-state index in [0.717, 1.165) is 79.0 Å². The first kappa shape index (κ1) is 28.5. The van der Waals surface area contributed by atoms with Crippen molar-refractivity contribution >= 4 is 55.3 Å². The van der Waals surface area contributed by atoms with Crippen molar-refractivity contribution in [3.05, 3.63) is 152 Å². The average Bonchev–Trinajstić information content (AvgIpc) is 3.58. The van der Waals surface area contributed by atoms with Gasteiger partial charge in [-0.15, -0.1) is 0 Å². The molecule has 0 bridgehead atoms. The van der Waals surface area contributed by atoms with E-state index in [-0.39, 0.29) is 0 Å². The molecule has 0 radical (unpaired) electrons. The van der Waals surface area contributed by atoms with E-state index < -0.39 is 0 Å². The highest BCUT2D eigenvalue weighted by Gasteiger charge is 2.29. The Hall–Kier alpha value is -5.94. The summed E-state index contributed by atoms with van der Waals surface area (Å²) in [6.07, 6.45) is 7.44. The monoisotopic (exact) mass is 609 g/mol. The molecule has 0 spiro atoms. The van der Waals surface area contributed by atoms with Gasteiger partial charge in [0, 0.05) is 28.9 Å². The molecule has 5 heteroatoms. The van der Waals surface area contributed by atoms with Gasteiger partial charge in [-0.3, -0.25) is 9.47 Å². The van der Waals surface area contributed by atoms with E-state index in [9.17, 15) is 0 Å². The minimum absolute atomic E-state index is 0.666. The smallest absolute Gasteiger partial charge is 0.235 e. The van der Waals surface area contributed by atoms with Gasteiger partial charge in [0.2, 0.25) is 5.95 Å². The number of nitrogens with zero attached hydrogens (tertiary/aromatic N) is 5. The largest absolute Gasteiger partial charge is 0.329 e. The number of allylic oxidation sites excluding steroid dienone is 4. The second kappa shape index (κ2) is 11.5. The number of fused-ring (bicyclic) bond motifs is 5. The average molecular weight is 610 g/mol. The maximum Gasteiger partial charge on any atom is 0.235 e. The summed E-state index contributed by atoms with van der Waals surface area (Å²) in [5.41, 5.74) is 10.8. The Morgan fingerprint density at radius 1 is 0.723 bits per heavy atom. The fourth-order valence-corrected chi connectivity index (χ4v) is 6.77. The van der Waals surface area contributed by atoms with Gasteiger partial charge in [-0.1, -0.05) is 98.5 Å². The van der Waals surface area contributed by atoms with Crippen molar-refractivity contribution in [3.63, 3.8) is 0 Å². The van der Waals surface area contributed by atoms with Crippen LogP contribution in [0.5, 0.6) is 0 Å². The number of para-hydroxylation sites is 3. The van der Waals surface area contributed by atoms with Crippen LogP contribution in [0.15, 0.2) is 146 Å². The molecule has 5 aromatic carbocycles. The highest BCUT2D eigenvalue weighted by Crippen LogP contribution is 2.46. The van der Waals surface area contributed by atoms with E-state index in [4.69, 9.17) is 9.97 Å². The van der Waals surface area contributed by atoms with E-state index in [1.54, 1.807) is 0 Å². The van der Waals surface area contributed by atoms with Crippen LogP contribution >= 0.6 is 0 Å². The lowest BCUT2D eigenvalue weighted by Gasteiger charge is -2.21. The van der Waals surface area contributed by atoms with E-state index >= 15 is 0 Å². The predicted octanol–water partition coefficient (Wildman–Crippen LogP) is 10.8. The predicted molar refractivity (Wildman–Crippen MR) is 199 cm³/mol. The van der Waals surface area contributed by atoms with Crippen molar-refractivity contribution < 1.29 is 0 Å². The van der Waals surface area contributed by atoms with Crippen molar-refractivity contribution in [2.45, 2.75) is 20.3 Å². The number of hydrogen-bond donors (Lipinski definition) is 0. The van der Waals surface area contributed by atoms with Crippen LogP contribution < -0.4 is 9.80 Å². The van der Waals surface area contributed by atoms with Gasteiger partial charge in [0.05, 0.1) is 33.6 Å². The first-order chi connectivity index (χ1) is 23.1. The maximum atomic E-state index is 5.25. The number of anilines is 3. The second-order valence-electron chi connectivity index (χ2n) is 11.9. The van der Waals surface area contributed by atoms with Crippen molar-refractivity contribution in [2.75, 3.05) is 16.8 Å². The Morgan fingerprint density at radius 2 is 1.43 bits per heavy atom. The first-order valence-electron chi connectivity index (χ1n) is 16.1. The molecular weight excluding hydrogens is 574 g/mol. The van der Waals surface area contributed by atoms with Crippen LogP contribution in [-0.2, 0) is 0 Å². The molecule has 7 aromatic rings. The first-order valence-corrected chi connectivity index (χ1v) is 16.1. The molecule has 47 heavy (non-hydrogen) atoms. The Morgan fingerprint density at radius 3 is 2.23 bits per heavy atom. The van der Waals surface area contributed by atoms with Crippen LogP contribution in [0.3, 0.4) is 0 Å². The fraction of sp³-hybridized carbons (Fsp3) is 0.0952. The van der Waals surface area contributed by atoms with Crippen LogP contribution in [0.4, 0.5) is 17.1 Å². The molecule has 3 heterocycles. The van der Waals surface area contributed by atoms with E-state index in [2.05, 4.69) is 163 Å². The standard InChI is InChI=1S/C42H35N5/c1-5-7-15-29(6-2)41-34-19-11-13-20-36(34)43-42(44-41)47-37-21-14-12-18-33(37)35-26-30(22-24-38(35)47)31-23-25-39-40(27-31)46(28(3)45(39)4)32-16-9-8-10-17-32/h6-27H,3,5H2,1-2,4H3/b15-7-,29-6+. The Labute approximate surface area is 275 Å². The Kier molecular flexibility index (Phi) is 6.95. The number of rotatable bonds is 6. The van der Waals surface area contributed by atoms with Crippen molar-refractivity contribution in [3.8, 4) is 17.1 Å². The van der Waals surface area contributed by atoms with Crippen molar-refractivity contribution in [1.82, 2.24) is 14.5 Å². The lowest BCUT2D eigenvalue weighted by Crippen LogP contribution is -2.20. The highest BCUT2D eigenvalue weighted by atomic mass is 15.4. The van der Waals surface area contributed by atoms with Crippen LogP contribution in [0.1, 0.15) is 26.0 Å². The van der Waals surface area contributed by atoms with Crippen LogP contribution in [0.2, 0.25) is 0 Å². The fourth-order valence-electron chi connectivity index (χ4n) is 6.77. The van der Waals surface area contributed by atoms with Crippen LogP contribution in [-0.4, -0.2) is 21.6 Å². The van der Waals surface area contributed by atoms with Gasteiger partial charge in [-0.25, -0.2) is 9.97 Å². The normalized spacial score (nSPS) is 13.5. The maximum absolute atomic E-state index is 5.25. The minimum Gasteiger partial charge on any atom is -0.329 e. The summed E-state index contributed by atoms with van der Waals surface area (Å²) < 4.78 is 2.21. The molecule has 0 amide bonds. The number of benzene rings is 5. The molecule has 5 nitrogen and oxygen atoms in total. The van der Waals surface area contributed by atoms with E-state index in [1.165, 1.54) is 5.39 Å². The van der Waals surface area contributed by atoms with E-state index in [1.807, 2.05) is 12.1 Å². The number of hydrogen-bond acceptors (Lipinski definition) is 4. The third-order valence-corrected chi connectivity index (χ3v) is 9.15. The minimum atomic E-state index is 0.666. The van der Waals surface area contributed by atoms with Crippen LogP contribution in [0.25, 0.3) is 55.4 Å². The van der Waals surface area contributed by atoms with Gasteiger partial charge >= 0.3 is 0 Å². The molecular formula is C42H35N5. The summed E-state index contributed by atoms with van der Waals surface area (Å²) in [6, 6.07) is 40.7. The Bertz CT molecular complexity index is 2400. The molecule has 0 atom stereocenters. The molecule has 228 valence electrons. The SMILES string of the molecule is C=C1N(C)c2ccc(-c3ccc4c(c3)c3ccccc3n4-c3nc(C(/C=C\CC)=C/C)c4ccccc4n3)cc2N1c1ccccc1. The van der Waals surface area contributed by atoms with Crippen LogP contribution in [0, 0.1) is 0 Å². The molecule has 0 fully saturated rings. The van der Waals surface area contributed by atoms with Gasteiger partial charge in [0.25, 0.3) is 0 Å². The highest BCUT2D eigenvalue weighted by molar-refractivity contribution is 6.10. The van der Waals surface area contributed by atoms with Gasteiger partial charge in [0.1, 0.15) is 5.82 Å². The lowest BCUT2D eigenvalue weighted by atomic mass is 10.0. The molecule has 0 saturated heterocycles. The quantitative estimate of drug-likeness (QED) is 0.176. The lowest BCUT2D eigenvalue weighted by molar-refractivity contribution is 1.00. The molecule has 0 unspecified atom stereocenters. The van der Waals surface area contributed by atoms with Gasteiger partial charge in [-0.2, -0.15) is 0 Å². The zero-order valence-corrected chi connectivity index (χ0v) is 26.9. The van der Waals surface area contributed by atoms with E-state index in [0.29, 0.717) is 5.95 Å². The molecule has 1 aliphatic rings. The summed E-state index contributed by atoms with van der Waals surface area (Å²) >= 11 is 0. The van der Waals surface area contributed by atoms with Crippen molar-refractivity contribution in [1.29, 1.82) is 0 Å².